The van der Waals surface area contributed by atoms with Crippen LogP contribution in [-0.4, -0.2) is 12.7 Å². The standard InChI is InChI=1S/C15H20ClNO2/c1-4-18-14(9(2)3)13(17)12-8-10-6-5-7-11(16)15(10)19-12/h5-9,13-14H,4,17H2,1-3H3. The highest BCUT2D eigenvalue weighted by atomic mass is 35.5. The lowest BCUT2D eigenvalue weighted by Gasteiger charge is -2.25. The molecule has 0 saturated heterocycles. The molecule has 0 aliphatic heterocycles. The normalized spacial score (nSPS) is 15.1. The number of hydrogen-bond donors (Lipinski definition) is 1. The summed E-state index contributed by atoms with van der Waals surface area (Å²) in [5.41, 5.74) is 6.97. The van der Waals surface area contributed by atoms with Crippen LogP contribution in [0.15, 0.2) is 28.7 Å². The SMILES string of the molecule is CCOC(C(C)C)C(N)c1cc2cccc(Cl)c2o1. The van der Waals surface area contributed by atoms with E-state index in [0.29, 0.717) is 23.1 Å². The molecule has 4 heteroatoms. The fourth-order valence-electron chi connectivity index (χ4n) is 2.28. The molecule has 1 aromatic carbocycles. The second-order valence-corrected chi connectivity index (χ2v) is 5.40. The molecule has 0 aliphatic rings. The first-order valence-electron chi connectivity index (χ1n) is 6.59. The molecule has 2 rings (SSSR count). The molecule has 0 fully saturated rings. The fourth-order valence-corrected chi connectivity index (χ4v) is 2.50. The van der Waals surface area contributed by atoms with Gasteiger partial charge in [0.1, 0.15) is 5.76 Å². The molecule has 2 atom stereocenters. The van der Waals surface area contributed by atoms with E-state index in [1.165, 1.54) is 0 Å². The van der Waals surface area contributed by atoms with Gasteiger partial charge in [-0.05, 0) is 25.0 Å². The van der Waals surface area contributed by atoms with Crippen molar-refractivity contribution in [2.24, 2.45) is 11.7 Å². The average Bonchev–Trinajstić information content (AvgIpc) is 2.80. The van der Waals surface area contributed by atoms with Crippen LogP contribution in [0.25, 0.3) is 11.0 Å². The highest BCUT2D eigenvalue weighted by Crippen LogP contribution is 2.31. The van der Waals surface area contributed by atoms with Crippen molar-refractivity contribution >= 4 is 22.6 Å². The number of furan rings is 1. The zero-order valence-electron chi connectivity index (χ0n) is 11.5. The quantitative estimate of drug-likeness (QED) is 0.896. The minimum atomic E-state index is -0.289. The van der Waals surface area contributed by atoms with Crippen molar-refractivity contribution in [1.82, 2.24) is 0 Å². The second-order valence-electron chi connectivity index (χ2n) is 5.00. The number of fused-ring (bicyclic) bond motifs is 1. The number of benzene rings is 1. The third kappa shape index (κ3) is 2.94. The van der Waals surface area contributed by atoms with Gasteiger partial charge in [-0.15, -0.1) is 0 Å². The van der Waals surface area contributed by atoms with E-state index in [4.69, 9.17) is 26.5 Å². The lowest BCUT2D eigenvalue weighted by atomic mass is 9.98. The molecule has 19 heavy (non-hydrogen) atoms. The number of hydrogen-bond acceptors (Lipinski definition) is 3. The first-order chi connectivity index (χ1) is 9.04. The van der Waals surface area contributed by atoms with Gasteiger partial charge in [-0.2, -0.15) is 0 Å². The first-order valence-corrected chi connectivity index (χ1v) is 6.97. The smallest absolute Gasteiger partial charge is 0.152 e. The van der Waals surface area contributed by atoms with E-state index in [2.05, 4.69) is 13.8 Å². The maximum absolute atomic E-state index is 6.28. The summed E-state index contributed by atoms with van der Waals surface area (Å²) in [5.74, 6) is 1.04. The van der Waals surface area contributed by atoms with E-state index in [9.17, 15) is 0 Å². The second kappa shape index (κ2) is 5.95. The predicted octanol–water partition coefficient (Wildman–Crippen LogP) is 4.15. The van der Waals surface area contributed by atoms with E-state index in [0.717, 1.165) is 11.1 Å². The van der Waals surface area contributed by atoms with Crippen LogP contribution in [0.2, 0.25) is 5.02 Å². The van der Waals surface area contributed by atoms with Gasteiger partial charge in [0, 0.05) is 12.0 Å². The van der Waals surface area contributed by atoms with Gasteiger partial charge < -0.3 is 14.9 Å². The van der Waals surface area contributed by atoms with Gasteiger partial charge >= 0.3 is 0 Å². The molecular weight excluding hydrogens is 262 g/mol. The zero-order valence-corrected chi connectivity index (χ0v) is 12.3. The summed E-state index contributed by atoms with van der Waals surface area (Å²) >= 11 is 6.11. The minimum Gasteiger partial charge on any atom is -0.458 e. The summed E-state index contributed by atoms with van der Waals surface area (Å²) in [6.07, 6.45) is -0.0654. The van der Waals surface area contributed by atoms with Gasteiger partial charge in [0.05, 0.1) is 17.2 Å². The van der Waals surface area contributed by atoms with E-state index >= 15 is 0 Å². The van der Waals surface area contributed by atoms with E-state index in [1.807, 2.05) is 31.2 Å². The monoisotopic (exact) mass is 281 g/mol. The van der Waals surface area contributed by atoms with Crippen LogP contribution in [0.1, 0.15) is 32.6 Å². The topological polar surface area (TPSA) is 48.4 Å². The fraction of sp³-hybridized carbons (Fsp3) is 0.467. The molecular formula is C15H20ClNO2. The Bertz CT molecular complexity index is 550. The molecule has 2 N–H and O–H groups in total. The van der Waals surface area contributed by atoms with Crippen LogP contribution < -0.4 is 5.73 Å². The van der Waals surface area contributed by atoms with Crippen molar-refractivity contribution in [3.05, 3.63) is 35.0 Å². The van der Waals surface area contributed by atoms with Crippen LogP contribution >= 0.6 is 11.6 Å². The Hall–Kier alpha value is -1.03. The molecule has 0 bridgehead atoms. The Morgan fingerprint density at radius 1 is 1.37 bits per heavy atom. The number of rotatable bonds is 5. The highest BCUT2D eigenvalue weighted by Gasteiger charge is 2.26. The third-order valence-electron chi connectivity index (χ3n) is 3.21. The lowest BCUT2D eigenvalue weighted by Crippen LogP contribution is -2.33. The van der Waals surface area contributed by atoms with Gasteiger partial charge in [-0.1, -0.05) is 37.6 Å². The number of nitrogens with two attached hydrogens (primary N) is 1. The molecule has 104 valence electrons. The summed E-state index contributed by atoms with van der Waals surface area (Å²) in [7, 11) is 0. The Morgan fingerprint density at radius 2 is 2.11 bits per heavy atom. The van der Waals surface area contributed by atoms with Crippen molar-refractivity contribution in [2.45, 2.75) is 32.9 Å². The van der Waals surface area contributed by atoms with E-state index in [-0.39, 0.29) is 12.1 Å². The molecule has 0 spiro atoms. The van der Waals surface area contributed by atoms with Crippen LogP contribution in [0.4, 0.5) is 0 Å². The molecule has 0 radical (unpaired) electrons. The molecule has 0 aliphatic carbocycles. The number of ether oxygens (including phenoxy) is 1. The third-order valence-corrected chi connectivity index (χ3v) is 3.51. The summed E-state index contributed by atoms with van der Waals surface area (Å²) in [4.78, 5) is 0. The van der Waals surface area contributed by atoms with E-state index < -0.39 is 0 Å². The van der Waals surface area contributed by atoms with Crippen LogP contribution in [-0.2, 0) is 4.74 Å². The summed E-state index contributed by atoms with van der Waals surface area (Å²) in [6, 6.07) is 7.33. The van der Waals surface area contributed by atoms with Crippen molar-refractivity contribution in [3.63, 3.8) is 0 Å². The van der Waals surface area contributed by atoms with Gasteiger partial charge in [0.25, 0.3) is 0 Å². The molecule has 2 unspecified atom stereocenters. The summed E-state index contributed by atoms with van der Waals surface area (Å²) < 4.78 is 11.5. The van der Waals surface area contributed by atoms with Gasteiger partial charge in [-0.25, -0.2) is 0 Å². The maximum Gasteiger partial charge on any atom is 0.152 e. The van der Waals surface area contributed by atoms with Crippen molar-refractivity contribution < 1.29 is 9.15 Å². The van der Waals surface area contributed by atoms with Gasteiger partial charge in [0.15, 0.2) is 5.58 Å². The Morgan fingerprint density at radius 3 is 2.68 bits per heavy atom. The molecule has 0 amide bonds. The molecule has 1 aromatic heterocycles. The first kappa shape index (κ1) is 14.4. The van der Waals surface area contributed by atoms with Crippen LogP contribution in [0.5, 0.6) is 0 Å². The van der Waals surface area contributed by atoms with Crippen molar-refractivity contribution in [3.8, 4) is 0 Å². The van der Waals surface area contributed by atoms with Crippen LogP contribution in [0, 0.1) is 5.92 Å². The Balaban J connectivity index is 2.34. The average molecular weight is 282 g/mol. The van der Waals surface area contributed by atoms with Gasteiger partial charge in [-0.3, -0.25) is 0 Å². The number of para-hydroxylation sites is 1. The molecule has 0 saturated carbocycles. The summed E-state index contributed by atoms with van der Waals surface area (Å²) in [5, 5.41) is 1.57. The van der Waals surface area contributed by atoms with E-state index in [1.54, 1.807) is 0 Å². The molecule has 1 heterocycles. The van der Waals surface area contributed by atoms with Crippen LogP contribution in [0.3, 0.4) is 0 Å². The predicted molar refractivity (Wildman–Crippen MR) is 78.4 cm³/mol. The van der Waals surface area contributed by atoms with Crippen molar-refractivity contribution in [2.75, 3.05) is 6.61 Å². The van der Waals surface area contributed by atoms with Gasteiger partial charge in [0.2, 0.25) is 0 Å². The highest BCUT2D eigenvalue weighted by molar-refractivity contribution is 6.34. The largest absolute Gasteiger partial charge is 0.458 e. The Kier molecular flexibility index (Phi) is 4.50. The van der Waals surface area contributed by atoms with Crippen molar-refractivity contribution in [1.29, 1.82) is 0 Å². The lowest BCUT2D eigenvalue weighted by molar-refractivity contribution is 0.00795. The Labute approximate surface area is 118 Å². The number of halogens is 1. The zero-order chi connectivity index (χ0) is 14.0. The summed E-state index contributed by atoms with van der Waals surface area (Å²) in [6.45, 7) is 6.79. The molecule has 2 aromatic rings. The minimum absolute atomic E-state index is 0.0654. The molecule has 3 nitrogen and oxygen atoms in total. The maximum atomic E-state index is 6.28.